The molecule has 0 N–H and O–H groups in total. The van der Waals surface area contributed by atoms with Gasteiger partial charge in [-0.15, -0.1) is 0 Å². The van der Waals surface area contributed by atoms with Gasteiger partial charge in [-0.05, 0) is 23.8 Å². The van der Waals surface area contributed by atoms with Crippen LogP contribution in [0.15, 0.2) is 71.8 Å². The first-order valence-corrected chi connectivity index (χ1v) is 10.1. The second-order valence-corrected chi connectivity index (χ2v) is 8.06. The van der Waals surface area contributed by atoms with Crippen LogP contribution in [-0.4, -0.2) is 10.7 Å². The van der Waals surface area contributed by atoms with E-state index in [0.717, 1.165) is 28.8 Å². The molecule has 5 rings (SSSR count). The predicted molar refractivity (Wildman–Crippen MR) is 113 cm³/mol. The molecule has 3 nitrogen and oxygen atoms in total. The van der Waals surface area contributed by atoms with Gasteiger partial charge in [-0.3, -0.25) is 0 Å². The van der Waals surface area contributed by atoms with Crippen molar-refractivity contribution in [3.05, 3.63) is 98.5 Å². The van der Waals surface area contributed by atoms with Gasteiger partial charge in [0.2, 0.25) is 6.23 Å². The van der Waals surface area contributed by atoms with Crippen LogP contribution in [0, 0.1) is 0 Å². The quantitative estimate of drug-likeness (QED) is 0.443. The average molecular weight is 430 g/mol. The fourth-order valence-corrected chi connectivity index (χ4v) is 4.58. The van der Waals surface area contributed by atoms with Gasteiger partial charge in [0.15, 0.2) is 0 Å². The van der Waals surface area contributed by atoms with Gasteiger partial charge in [0.1, 0.15) is 5.75 Å². The summed E-state index contributed by atoms with van der Waals surface area (Å²) in [6.45, 7) is 0. The van der Waals surface area contributed by atoms with Gasteiger partial charge in [0.05, 0.1) is 16.8 Å². The van der Waals surface area contributed by atoms with E-state index in [4.69, 9.17) is 44.6 Å². The average Bonchev–Trinajstić information content (AvgIpc) is 3.15. The molecule has 3 aromatic carbocycles. The van der Waals surface area contributed by atoms with E-state index >= 15 is 0 Å². The summed E-state index contributed by atoms with van der Waals surface area (Å²) in [7, 11) is 0. The third-order valence-corrected chi connectivity index (χ3v) is 5.93. The van der Waals surface area contributed by atoms with Gasteiger partial charge < -0.3 is 4.74 Å². The number of fused-ring (bicyclic) bond motifs is 3. The third kappa shape index (κ3) is 2.95. The SMILES string of the molecule is Clc1cc(Cl)c2c(c1)[C@@H]1CC(c3ccccc3)=NN1[C@H](c1ccccc1Cl)O2. The molecule has 3 aromatic rings. The minimum atomic E-state index is -0.467. The lowest BCUT2D eigenvalue weighted by Gasteiger charge is -2.38. The van der Waals surface area contributed by atoms with Crippen molar-refractivity contribution in [3.8, 4) is 5.75 Å². The Kier molecular flexibility index (Phi) is 4.47. The number of hydrogen-bond donors (Lipinski definition) is 0. The maximum Gasteiger partial charge on any atom is 0.215 e. The zero-order chi connectivity index (χ0) is 19.3. The third-order valence-electron chi connectivity index (χ3n) is 5.09. The van der Waals surface area contributed by atoms with E-state index in [1.165, 1.54) is 0 Å². The molecule has 2 aliphatic heterocycles. The molecule has 0 aromatic heterocycles. The largest absolute Gasteiger partial charge is 0.463 e. The molecule has 2 aliphatic rings. The Balaban J connectivity index is 1.66. The summed E-state index contributed by atoms with van der Waals surface area (Å²) in [5.74, 6) is 0.641. The van der Waals surface area contributed by atoms with Crippen LogP contribution in [0.25, 0.3) is 0 Å². The van der Waals surface area contributed by atoms with Gasteiger partial charge >= 0.3 is 0 Å². The second-order valence-electron chi connectivity index (χ2n) is 6.81. The summed E-state index contributed by atoms with van der Waals surface area (Å²) in [4.78, 5) is 0. The van der Waals surface area contributed by atoms with Crippen LogP contribution in [0.1, 0.15) is 35.4 Å². The van der Waals surface area contributed by atoms with Crippen LogP contribution >= 0.6 is 34.8 Å². The fourth-order valence-electron chi connectivity index (χ4n) is 3.80. The van der Waals surface area contributed by atoms with E-state index in [1.807, 2.05) is 53.5 Å². The van der Waals surface area contributed by atoms with Crippen molar-refractivity contribution in [2.45, 2.75) is 18.7 Å². The molecule has 0 bridgehead atoms. The summed E-state index contributed by atoms with van der Waals surface area (Å²) in [6.07, 6.45) is 0.268. The topological polar surface area (TPSA) is 24.8 Å². The van der Waals surface area contributed by atoms with Gasteiger partial charge in [-0.1, -0.05) is 83.3 Å². The van der Waals surface area contributed by atoms with Crippen LogP contribution < -0.4 is 4.74 Å². The Morgan fingerprint density at radius 2 is 1.61 bits per heavy atom. The highest BCUT2D eigenvalue weighted by Crippen LogP contribution is 2.51. The molecule has 0 spiro atoms. The van der Waals surface area contributed by atoms with Crippen molar-refractivity contribution in [1.82, 2.24) is 5.01 Å². The van der Waals surface area contributed by atoms with Crippen LogP contribution in [0.4, 0.5) is 0 Å². The zero-order valence-electron chi connectivity index (χ0n) is 14.6. The van der Waals surface area contributed by atoms with Gasteiger partial charge in [0.25, 0.3) is 0 Å². The first-order valence-electron chi connectivity index (χ1n) is 8.93. The van der Waals surface area contributed by atoms with Crippen LogP contribution in [0.5, 0.6) is 5.75 Å². The number of ether oxygens (including phenoxy) is 1. The van der Waals surface area contributed by atoms with E-state index in [9.17, 15) is 0 Å². The van der Waals surface area contributed by atoms with Crippen LogP contribution in [-0.2, 0) is 0 Å². The molecule has 2 atom stereocenters. The normalized spacial score (nSPS) is 20.2. The Labute approximate surface area is 178 Å². The second kappa shape index (κ2) is 7.00. The van der Waals surface area contributed by atoms with Gasteiger partial charge in [-0.25, -0.2) is 5.01 Å². The molecule has 0 amide bonds. The van der Waals surface area contributed by atoms with Crippen molar-refractivity contribution < 1.29 is 4.74 Å². The van der Waals surface area contributed by atoms with E-state index in [0.29, 0.717) is 20.8 Å². The molecule has 0 fully saturated rings. The summed E-state index contributed by atoms with van der Waals surface area (Å²) in [5, 5.41) is 8.59. The van der Waals surface area contributed by atoms with Crippen molar-refractivity contribution in [3.63, 3.8) is 0 Å². The Bertz CT molecular complexity index is 1080. The molecule has 6 heteroatoms. The molecular weight excluding hydrogens is 415 g/mol. The van der Waals surface area contributed by atoms with Gasteiger partial charge in [0, 0.05) is 27.6 Å². The standard InChI is InChI=1S/C22H15Cl3N2O/c23-14-10-16-20-12-19(13-6-2-1-3-7-13)26-27(20)22(28-21(16)18(25)11-14)15-8-4-5-9-17(15)24/h1-11,20,22H,12H2/t20-,22-/m0/s1. The number of halogens is 3. The summed E-state index contributed by atoms with van der Waals surface area (Å²) >= 11 is 19.3. The molecular formula is C22H15Cl3N2O. The maximum atomic E-state index is 6.49. The smallest absolute Gasteiger partial charge is 0.215 e. The highest BCUT2D eigenvalue weighted by Gasteiger charge is 2.42. The van der Waals surface area contributed by atoms with E-state index in [-0.39, 0.29) is 6.04 Å². The lowest BCUT2D eigenvalue weighted by molar-refractivity contribution is -0.0188. The minimum absolute atomic E-state index is 0.0311. The molecule has 0 radical (unpaired) electrons. The lowest BCUT2D eigenvalue weighted by atomic mass is 9.96. The zero-order valence-corrected chi connectivity index (χ0v) is 16.9. The fraction of sp³-hybridized carbons (Fsp3) is 0.136. The molecule has 2 heterocycles. The molecule has 28 heavy (non-hydrogen) atoms. The van der Waals surface area contributed by atoms with Crippen molar-refractivity contribution in [1.29, 1.82) is 0 Å². The first kappa shape index (κ1) is 17.9. The van der Waals surface area contributed by atoms with Crippen molar-refractivity contribution in [2.24, 2.45) is 5.10 Å². The Morgan fingerprint density at radius 3 is 2.39 bits per heavy atom. The predicted octanol–water partition coefficient (Wildman–Crippen LogP) is 6.89. The number of rotatable bonds is 2. The number of hydrogen-bond acceptors (Lipinski definition) is 3. The highest BCUT2D eigenvalue weighted by atomic mass is 35.5. The van der Waals surface area contributed by atoms with Crippen LogP contribution in [0.2, 0.25) is 15.1 Å². The first-order chi connectivity index (χ1) is 13.6. The van der Waals surface area contributed by atoms with Gasteiger partial charge in [-0.2, -0.15) is 5.10 Å². The van der Waals surface area contributed by atoms with E-state index in [2.05, 4.69) is 12.1 Å². The van der Waals surface area contributed by atoms with Crippen molar-refractivity contribution in [2.75, 3.05) is 0 Å². The van der Waals surface area contributed by atoms with E-state index < -0.39 is 6.23 Å². The molecule has 0 aliphatic carbocycles. The van der Waals surface area contributed by atoms with E-state index in [1.54, 1.807) is 6.07 Å². The molecule has 0 saturated carbocycles. The monoisotopic (exact) mass is 428 g/mol. The highest BCUT2D eigenvalue weighted by molar-refractivity contribution is 6.35. The van der Waals surface area contributed by atoms with Crippen LogP contribution in [0.3, 0.4) is 0 Å². The number of hydrazone groups is 1. The number of benzene rings is 3. The molecule has 0 unspecified atom stereocenters. The summed E-state index contributed by atoms with van der Waals surface area (Å²) < 4.78 is 6.33. The Morgan fingerprint density at radius 1 is 0.857 bits per heavy atom. The molecule has 140 valence electrons. The lowest BCUT2D eigenvalue weighted by Crippen LogP contribution is -2.34. The Hall–Kier alpha value is -2.20. The number of nitrogens with zero attached hydrogens (tertiary/aromatic N) is 2. The minimum Gasteiger partial charge on any atom is -0.463 e. The summed E-state index contributed by atoms with van der Waals surface area (Å²) in [6, 6.07) is 21.4. The van der Waals surface area contributed by atoms with Crippen molar-refractivity contribution >= 4 is 40.5 Å². The summed E-state index contributed by atoms with van der Waals surface area (Å²) in [5.41, 5.74) is 3.87. The molecule has 0 saturated heterocycles. The maximum absolute atomic E-state index is 6.49.